The predicted octanol–water partition coefficient (Wildman–Crippen LogP) is 2.36. The number of carbonyl (C=O) groups is 1. The second-order valence-electron chi connectivity index (χ2n) is 8.36. The minimum atomic E-state index is -4.39. The average Bonchev–Trinajstić information content (AvgIpc) is 3.14. The van der Waals surface area contributed by atoms with Crippen LogP contribution in [-0.2, 0) is 29.4 Å². The molecule has 0 radical (unpaired) electrons. The normalized spacial score (nSPS) is 17.3. The number of aryl methyl sites for hydroxylation is 2. The molecule has 3 heterocycles. The summed E-state index contributed by atoms with van der Waals surface area (Å²) in [4.78, 5) is 45.8. The number of aromatic amines is 1. The number of thiophene rings is 1. The molecule has 0 aliphatic heterocycles. The number of rotatable bonds is 5. The van der Waals surface area contributed by atoms with Crippen LogP contribution in [0, 0.1) is 0 Å². The van der Waals surface area contributed by atoms with Crippen molar-refractivity contribution in [2.24, 2.45) is 0 Å². The highest BCUT2D eigenvalue weighted by Crippen LogP contribution is 2.45. The molecule has 2 aliphatic carbocycles. The molecule has 0 bridgehead atoms. The van der Waals surface area contributed by atoms with Crippen LogP contribution in [-0.4, -0.2) is 44.0 Å². The van der Waals surface area contributed by atoms with Crippen molar-refractivity contribution in [2.75, 3.05) is 0 Å². The third-order valence-electron chi connectivity index (χ3n) is 5.97. The van der Waals surface area contributed by atoms with Crippen LogP contribution >= 0.6 is 22.7 Å². The summed E-state index contributed by atoms with van der Waals surface area (Å²) in [6.45, 7) is 1.56. The molecular formula is C19H20N4O6S3. The Kier molecular flexibility index (Phi) is 4.84. The lowest BCUT2D eigenvalue weighted by molar-refractivity contribution is 0.159. The van der Waals surface area contributed by atoms with Crippen LogP contribution < -0.4 is 11.2 Å². The maximum absolute atomic E-state index is 13.1. The van der Waals surface area contributed by atoms with E-state index in [1.807, 2.05) is 0 Å². The number of nitrogens with one attached hydrogen (secondary N) is 1. The molecule has 0 aromatic carbocycles. The first-order valence-electron chi connectivity index (χ1n) is 10.1. The second-order valence-corrected chi connectivity index (χ2v) is 12.6. The fourth-order valence-electron chi connectivity index (χ4n) is 4.00. The zero-order chi connectivity index (χ0) is 22.8. The molecule has 170 valence electrons. The van der Waals surface area contributed by atoms with E-state index in [0.717, 1.165) is 42.0 Å². The zero-order valence-electron chi connectivity index (χ0n) is 17.1. The van der Waals surface area contributed by atoms with Crippen molar-refractivity contribution < 1.29 is 18.3 Å². The highest BCUT2D eigenvalue weighted by Gasteiger charge is 2.52. The first-order chi connectivity index (χ1) is 15.1. The quantitative estimate of drug-likeness (QED) is 0.552. The first-order valence-corrected chi connectivity index (χ1v) is 13.2. The van der Waals surface area contributed by atoms with Crippen molar-refractivity contribution >= 4 is 49.0 Å². The molecule has 3 aromatic heterocycles. The van der Waals surface area contributed by atoms with Crippen LogP contribution in [0.5, 0.6) is 0 Å². The Balaban J connectivity index is 1.56. The average molecular weight is 497 g/mol. The lowest BCUT2D eigenvalue weighted by Crippen LogP contribution is -2.43. The van der Waals surface area contributed by atoms with Gasteiger partial charge in [-0.15, -0.1) is 22.7 Å². The van der Waals surface area contributed by atoms with Gasteiger partial charge in [0.1, 0.15) is 14.0 Å². The highest BCUT2D eigenvalue weighted by molar-refractivity contribution is 7.92. The van der Waals surface area contributed by atoms with Crippen molar-refractivity contribution in [2.45, 2.75) is 61.7 Å². The molecule has 2 N–H and O–H groups in total. The van der Waals surface area contributed by atoms with E-state index in [9.17, 15) is 27.9 Å². The van der Waals surface area contributed by atoms with Gasteiger partial charge in [0.15, 0.2) is 0 Å². The smallest absolute Gasteiger partial charge is 0.421 e. The summed E-state index contributed by atoms with van der Waals surface area (Å²) in [5.74, 6) is 0. The van der Waals surface area contributed by atoms with Gasteiger partial charge < -0.3 is 5.11 Å². The summed E-state index contributed by atoms with van der Waals surface area (Å²) in [5.41, 5.74) is -1.26. The number of amides is 1. The summed E-state index contributed by atoms with van der Waals surface area (Å²) in [5, 5.41) is 10.2. The van der Waals surface area contributed by atoms with Crippen molar-refractivity contribution in [3.63, 3.8) is 0 Å². The van der Waals surface area contributed by atoms with Crippen molar-refractivity contribution in [3.8, 4) is 0 Å². The van der Waals surface area contributed by atoms with E-state index in [4.69, 9.17) is 0 Å². The van der Waals surface area contributed by atoms with Gasteiger partial charge in [0.2, 0.25) is 0 Å². The Morgan fingerprint density at radius 3 is 2.66 bits per heavy atom. The van der Waals surface area contributed by atoms with Gasteiger partial charge in [-0.1, -0.05) is 0 Å². The van der Waals surface area contributed by atoms with E-state index >= 15 is 0 Å². The number of hydrogen-bond donors (Lipinski definition) is 2. The number of hydrogen-bond acceptors (Lipinski definition) is 8. The van der Waals surface area contributed by atoms with Crippen LogP contribution in [0.3, 0.4) is 0 Å². The maximum Gasteiger partial charge on any atom is 0.421 e. The molecule has 0 unspecified atom stereocenters. The van der Waals surface area contributed by atoms with Gasteiger partial charge in [0, 0.05) is 4.88 Å². The van der Waals surface area contributed by atoms with Crippen molar-refractivity contribution in [3.05, 3.63) is 42.5 Å². The van der Waals surface area contributed by atoms with Crippen LogP contribution in [0.25, 0.3) is 10.2 Å². The zero-order valence-corrected chi connectivity index (χ0v) is 19.5. The van der Waals surface area contributed by atoms with E-state index in [1.54, 1.807) is 6.92 Å². The SMILES string of the molecule is CC1(N(C(=O)O)S(=O)(=O)c2cc3c(=O)n(Cc4nc5c(s4)CCCC5)c(=O)[nH]c3s2)CC1. The summed E-state index contributed by atoms with van der Waals surface area (Å²) in [6.07, 6.45) is 3.31. The lowest BCUT2D eigenvalue weighted by Gasteiger charge is -2.24. The Hall–Kier alpha value is -2.51. The molecule has 0 spiro atoms. The molecular weight excluding hydrogens is 476 g/mol. The second kappa shape index (κ2) is 7.25. The summed E-state index contributed by atoms with van der Waals surface area (Å²) >= 11 is 2.17. The number of sulfonamides is 1. The van der Waals surface area contributed by atoms with Crippen LogP contribution in [0.4, 0.5) is 4.79 Å². The Bertz CT molecular complexity index is 1450. The van der Waals surface area contributed by atoms with Gasteiger partial charge in [0.25, 0.3) is 15.6 Å². The lowest BCUT2D eigenvalue weighted by atomic mass is 10.0. The minimum absolute atomic E-state index is 0.000967. The summed E-state index contributed by atoms with van der Waals surface area (Å²) in [6, 6.07) is 1.15. The number of fused-ring (bicyclic) bond motifs is 2. The van der Waals surface area contributed by atoms with Crippen LogP contribution in [0.2, 0.25) is 0 Å². The number of carboxylic acid groups (broad SMARTS) is 1. The number of H-pyrrole nitrogens is 1. The molecule has 1 amide bonds. The topological polar surface area (TPSA) is 142 Å². The van der Waals surface area contributed by atoms with Gasteiger partial charge in [0.05, 0.1) is 23.2 Å². The molecule has 2 aliphatic rings. The first kappa shape index (κ1) is 21.3. The Morgan fingerprint density at radius 1 is 1.28 bits per heavy atom. The monoisotopic (exact) mass is 496 g/mol. The molecule has 10 nitrogen and oxygen atoms in total. The van der Waals surface area contributed by atoms with Crippen LogP contribution in [0.15, 0.2) is 19.9 Å². The third kappa shape index (κ3) is 3.39. The molecule has 0 atom stereocenters. The van der Waals surface area contributed by atoms with Gasteiger partial charge >= 0.3 is 11.8 Å². The maximum atomic E-state index is 13.1. The van der Waals surface area contributed by atoms with E-state index in [-0.39, 0.29) is 21.0 Å². The Labute approximate surface area is 190 Å². The molecule has 13 heteroatoms. The molecule has 5 rings (SSSR count). The molecule has 32 heavy (non-hydrogen) atoms. The van der Waals surface area contributed by atoms with Gasteiger partial charge in [-0.05, 0) is 51.5 Å². The van der Waals surface area contributed by atoms with E-state index < -0.39 is 32.9 Å². The summed E-state index contributed by atoms with van der Waals surface area (Å²) in [7, 11) is -4.39. The Morgan fingerprint density at radius 2 is 2.00 bits per heavy atom. The van der Waals surface area contributed by atoms with Gasteiger partial charge in [-0.25, -0.2) is 14.6 Å². The van der Waals surface area contributed by atoms with E-state index in [0.29, 0.717) is 33.5 Å². The molecule has 3 aromatic rings. The molecule has 1 saturated carbocycles. The molecule has 0 saturated heterocycles. The fourth-order valence-corrected chi connectivity index (χ4v) is 8.23. The van der Waals surface area contributed by atoms with E-state index in [2.05, 4.69) is 9.97 Å². The number of aromatic nitrogens is 3. The summed E-state index contributed by atoms with van der Waals surface area (Å²) < 4.78 is 27.3. The number of nitrogens with zero attached hydrogens (tertiary/aromatic N) is 3. The number of thiazole rings is 1. The third-order valence-corrected chi connectivity index (χ3v) is 10.5. The molecule has 1 fully saturated rings. The van der Waals surface area contributed by atoms with Crippen molar-refractivity contribution in [1.29, 1.82) is 0 Å². The van der Waals surface area contributed by atoms with Gasteiger partial charge in [-0.2, -0.15) is 12.7 Å². The van der Waals surface area contributed by atoms with E-state index in [1.165, 1.54) is 16.2 Å². The largest absolute Gasteiger partial charge is 0.464 e. The minimum Gasteiger partial charge on any atom is -0.464 e. The fraction of sp³-hybridized carbons (Fsp3) is 0.474. The standard InChI is InChI=1S/C19H20N4O6S3/c1-19(6-7-19)23(18(26)27)32(28,29)14-8-10-15(31-14)21-17(25)22(16(10)24)9-13-20-11-4-2-3-5-12(11)30-13/h8H,2-7,9H2,1H3,(H,21,25)(H,26,27). The van der Waals surface area contributed by atoms with Crippen LogP contribution in [0.1, 0.15) is 48.2 Å². The highest BCUT2D eigenvalue weighted by atomic mass is 32.2. The van der Waals surface area contributed by atoms with Crippen molar-refractivity contribution in [1.82, 2.24) is 18.8 Å². The predicted molar refractivity (Wildman–Crippen MR) is 119 cm³/mol. The van der Waals surface area contributed by atoms with Gasteiger partial charge in [-0.3, -0.25) is 14.3 Å².